The zero-order valence-electron chi connectivity index (χ0n) is 9.41. The molecule has 1 aliphatic rings. The Labute approximate surface area is 95.5 Å². The molecule has 1 rings (SSSR count). The van der Waals surface area contributed by atoms with Gasteiger partial charge in [-0.2, -0.15) is 11.8 Å². The molecule has 4 nitrogen and oxygen atoms in total. The van der Waals surface area contributed by atoms with Crippen LogP contribution >= 0.6 is 11.8 Å². The number of thioether (sulfide) groups is 1. The second-order valence-electron chi connectivity index (χ2n) is 3.86. The SMILES string of the molecule is CSCCC(C)NC(=O)NC1CCOC1. The van der Waals surface area contributed by atoms with E-state index in [1.165, 1.54) is 0 Å². The maximum atomic E-state index is 11.5. The fourth-order valence-electron chi connectivity index (χ4n) is 1.47. The Hall–Kier alpha value is -0.420. The Bertz CT molecular complexity index is 196. The van der Waals surface area contributed by atoms with Crippen molar-refractivity contribution >= 4 is 17.8 Å². The van der Waals surface area contributed by atoms with E-state index in [-0.39, 0.29) is 18.1 Å². The van der Waals surface area contributed by atoms with Gasteiger partial charge in [0, 0.05) is 12.6 Å². The molecule has 0 saturated carbocycles. The molecule has 0 spiro atoms. The average molecular weight is 232 g/mol. The maximum Gasteiger partial charge on any atom is 0.315 e. The molecule has 0 aromatic carbocycles. The van der Waals surface area contributed by atoms with Crippen LogP contribution in [0.4, 0.5) is 4.79 Å². The van der Waals surface area contributed by atoms with Crippen molar-refractivity contribution in [2.24, 2.45) is 0 Å². The fraction of sp³-hybridized carbons (Fsp3) is 0.900. The largest absolute Gasteiger partial charge is 0.379 e. The number of amides is 2. The highest BCUT2D eigenvalue weighted by molar-refractivity contribution is 7.98. The highest BCUT2D eigenvalue weighted by atomic mass is 32.2. The molecule has 88 valence electrons. The van der Waals surface area contributed by atoms with Crippen LogP contribution in [0.1, 0.15) is 19.8 Å². The van der Waals surface area contributed by atoms with Gasteiger partial charge >= 0.3 is 6.03 Å². The van der Waals surface area contributed by atoms with Crippen LogP contribution in [-0.4, -0.2) is 43.3 Å². The van der Waals surface area contributed by atoms with Crippen molar-refractivity contribution in [3.8, 4) is 0 Å². The van der Waals surface area contributed by atoms with Crippen LogP contribution in [0.3, 0.4) is 0 Å². The van der Waals surface area contributed by atoms with Crippen LogP contribution in [0.5, 0.6) is 0 Å². The third-order valence-electron chi connectivity index (χ3n) is 2.40. The number of hydrogen-bond acceptors (Lipinski definition) is 3. The number of rotatable bonds is 5. The molecule has 0 aromatic heterocycles. The summed E-state index contributed by atoms with van der Waals surface area (Å²) in [4.78, 5) is 11.5. The fourth-order valence-corrected chi connectivity index (χ4v) is 2.06. The summed E-state index contributed by atoms with van der Waals surface area (Å²) in [5, 5.41) is 5.83. The predicted octanol–water partition coefficient (Wildman–Crippen LogP) is 1.22. The van der Waals surface area contributed by atoms with Crippen LogP contribution < -0.4 is 10.6 Å². The molecule has 1 saturated heterocycles. The first-order valence-electron chi connectivity index (χ1n) is 5.36. The van der Waals surface area contributed by atoms with E-state index in [0.717, 1.165) is 25.2 Å². The van der Waals surface area contributed by atoms with Gasteiger partial charge in [-0.05, 0) is 31.8 Å². The first kappa shape index (κ1) is 12.6. The van der Waals surface area contributed by atoms with E-state index in [1.807, 2.05) is 6.92 Å². The Balaban J connectivity index is 2.11. The smallest absolute Gasteiger partial charge is 0.315 e. The van der Waals surface area contributed by atoms with Crippen molar-refractivity contribution in [2.45, 2.75) is 31.8 Å². The van der Waals surface area contributed by atoms with Gasteiger partial charge in [-0.1, -0.05) is 0 Å². The van der Waals surface area contributed by atoms with Gasteiger partial charge in [-0.25, -0.2) is 4.79 Å². The number of ether oxygens (including phenoxy) is 1. The molecular weight excluding hydrogens is 212 g/mol. The summed E-state index contributed by atoms with van der Waals surface area (Å²) in [6.45, 7) is 3.43. The monoisotopic (exact) mass is 232 g/mol. The maximum absolute atomic E-state index is 11.5. The van der Waals surface area contributed by atoms with Gasteiger partial charge in [0.1, 0.15) is 0 Å². The molecule has 1 fully saturated rings. The molecule has 1 aliphatic heterocycles. The predicted molar refractivity (Wildman–Crippen MR) is 63.4 cm³/mol. The van der Waals surface area contributed by atoms with Gasteiger partial charge in [0.05, 0.1) is 12.6 Å². The van der Waals surface area contributed by atoms with Gasteiger partial charge in [0.25, 0.3) is 0 Å². The summed E-state index contributed by atoms with van der Waals surface area (Å²) >= 11 is 1.80. The summed E-state index contributed by atoms with van der Waals surface area (Å²) in [6.07, 6.45) is 4.00. The van der Waals surface area contributed by atoms with E-state index in [4.69, 9.17) is 4.74 Å². The van der Waals surface area contributed by atoms with Crippen LogP contribution in [0.2, 0.25) is 0 Å². The molecule has 0 aromatic rings. The molecule has 0 aliphatic carbocycles. The molecule has 1 heterocycles. The van der Waals surface area contributed by atoms with Gasteiger partial charge in [-0.3, -0.25) is 0 Å². The van der Waals surface area contributed by atoms with Crippen LogP contribution in [-0.2, 0) is 4.74 Å². The van der Waals surface area contributed by atoms with Crippen molar-refractivity contribution in [2.75, 3.05) is 25.2 Å². The average Bonchev–Trinajstić information content (AvgIpc) is 2.67. The van der Waals surface area contributed by atoms with E-state index in [9.17, 15) is 4.79 Å². The number of hydrogen-bond donors (Lipinski definition) is 2. The number of nitrogens with one attached hydrogen (secondary N) is 2. The quantitative estimate of drug-likeness (QED) is 0.749. The molecule has 2 unspecified atom stereocenters. The minimum absolute atomic E-state index is 0.0703. The lowest BCUT2D eigenvalue weighted by Crippen LogP contribution is -2.45. The van der Waals surface area contributed by atoms with Crippen LogP contribution in [0.25, 0.3) is 0 Å². The molecule has 2 atom stereocenters. The van der Waals surface area contributed by atoms with Gasteiger partial charge < -0.3 is 15.4 Å². The molecule has 0 radical (unpaired) electrons. The first-order chi connectivity index (χ1) is 7.22. The van der Waals surface area contributed by atoms with E-state index >= 15 is 0 Å². The summed E-state index contributed by atoms with van der Waals surface area (Å²) < 4.78 is 5.18. The second kappa shape index (κ2) is 6.95. The van der Waals surface area contributed by atoms with E-state index in [1.54, 1.807) is 11.8 Å². The number of carbonyl (C=O) groups is 1. The minimum atomic E-state index is -0.0703. The Morgan fingerprint density at radius 2 is 2.47 bits per heavy atom. The lowest BCUT2D eigenvalue weighted by atomic mass is 10.2. The number of urea groups is 1. The second-order valence-corrected chi connectivity index (χ2v) is 4.85. The minimum Gasteiger partial charge on any atom is -0.379 e. The highest BCUT2D eigenvalue weighted by Crippen LogP contribution is 2.03. The van der Waals surface area contributed by atoms with E-state index < -0.39 is 0 Å². The van der Waals surface area contributed by atoms with Gasteiger partial charge in [-0.15, -0.1) is 0 Å². The third kappa shape index (κ3) is 5.28. The summed E-state index contributed by atoms with van der Waals surface area (Å²) in [7, 11) is 0. The standard InChI is InChI=1S/C10H20N2O2S/c1-8(4-6-15-2)11-10(13)12-9-3-5-14-7-9/h8-9H,3-7H2,1-2H3,(H2,11,12,13). The van der Waals surface area contributed by atoms with E-state index in [2.05, 4.69) is 16.9 Å². The van der Waals surface area contributed by atoms with E-state index in [0.29, 0.717) is 6.61 Å². The number of carbonyl (C=O) groups excluding carboxylic acids is 1. The lowest BCUT2D eigenvalue weighted by Gasteiger charge is -2.16. The first-order valence-corrected chi connectivity index (χ1v) is 6.75. The van der Waals surface area contributed by atoms with Crippen molar-refractivity contribution < 1.29 is 9.53 Å². The van der Waals surface area contributed by atoms with Gasteiger partial charge in [0.15, 0.2) is 0 Å². The summed E-state index contributed by atoms with van der Waals surface area (Å²) in [5.41, 5.74) is 0. The van der Waals surface area contributed by atoms with Crippen molar-refractivity contribution in [1.29, 1.82) is 0 Å². The summed E-state index contributed by atoms with van der Waals surface area (Å²) in [5.74, 6) is 1.08. The topological polar surface area (TPSA) is 50.4 Å². The molecular formula is C10H20N2O2S. The highest BCUT2D eigenvalue weighted by Gasteiger charge is 2.18. The lowest BCUT2D eigenvalue weighted by molar-refractivity contribution is 0.188. The van der Waals surface area contributed by atoms with Gasteiger partial charge in [0.2, 0.25) is 0 Å². The normalized spacial score (nSPS) is 22.4. The van der Waals surface area contributed by atoms with Crippen LogP contribution in [0.15, 0.2) is 0 Å². The zero-order chi connectivity index (χ0) is 11.1. The third-order valence-corrected chi connectivity index (χ3v) is 3.04. The zero-order valence-corrected chi connectivity index (χ0v) is 10.2. The van der Waals surface area contributed by atoms with Crippen molar-refractivity contribution in [3.05, 3.63) is 0 Å². The molecule has 2 amide bonds. The van der Waals surface area contributed by atoms with Crippen LogP contribution in [0, 0.1) is 0 Å². The molecule has 5 heteroatoms. The Morgan fingerprint density at radius 1 is 1.67 bits per heavy atom. The van der Waals surface area contributed by atoms with Crippen molar-refractivity contribution in [1.82, 2.24) is 10.6 Å². The molecule has 15 heavy (non-hydrogen) atoms. The van der Waals surface area contributed by atoms with Crippen molar-refractivity contribution in [3.63, 3.8) is 0 Å². The molecule has 2 N–H and O–H groups in total. The Kier molecular flexibility index (Phi) is 5.86. The summed E-state index contributed by atoms with van der Waals surface area (Å²) in [6, 6.07) is 0.358. The Morgan fingerprint density at radius 3 is 3.07 bits per heavy atom. The molecule has 0 bridgehead atoms.